The van der Waals surface area contributed by atoms with Gasteiger partial charge in [-0.15, -0.1) is 0 Å². The van der Waals surface area contributed by atoms with E-state index in [1.807, 2.05) is 18.2 Å². The van der Waals surface area contributed by atoms with Gasteiger partial charge in [0, 0.05) is 17.6 Å². The number of aliphatic imine (C=N–C) groups is 1. The van der Waals surface area contributed by atoms with Crippen LogP contribution in [0.2, 0.25) is 0 Å². The van der Waals surface area contributed by atoms with Crippen molar-refractivity contribution in [1.82, 2.24) is 0 Å². The summed E-state index contributed by atoms with van der Waals surface area (Å²) in [6, 6.07) is 7.36. The van der Waals surface area contributed by atoms with Gasteiger partial charge in [-0.05, 0) is 30.5 Å². The van der Waals surface area contributed by atoms with E-state index in [-0.39, 0.29) is 0 Å². The number of rotatable bonds is 4. The molecule has 78 valence electrons. The summed E-state index contributed by atoms with van der Waals surface area (Å²) in [5, 5.41) is 2.99. The molecule has 0 aromatic heterocycles. The third-order valence-electron chi connectivity index (χ3n) is 1.60. The zero-order chi connectivity index (χ0) is 11.1. The molecule has 0 heterocycles. The first kappa shape index (κ1) is 10.8. The van der Waals surface area contributed by atoms with E-state index in [1.54, 1.807) is 18.4 Å². The van der Waals surface area contributed by atoms with Gasteiger partial charge in [-0.3, -0.25) is 0 Å². The van der Waals surface area contributed by atoms with Crippen molar-refractivity contribution in [3.05, 3.63) is 48.9 Å². The molecule has 0 saturated heterocycles. The zero-order valence-corrected chi connectivity index (χ0v) is 8.35. The molecular weight excluding hydrogens is 188 g/mol. The van der Waals surface area contributed by atoms with Crippen LogP contribution in [0.1, 0.15) is 0 Å². The van der Waals surface area contributed by atoms with Crippen molar-refractivity contribution >= 4 is 17.6 Å². The zero-order valence-electron chi connectivity index (χ0n) is 8.35. The molecule has 0 amide bonds. The molecular formula is C11H14N4. The van der Waals surface area contributed by atoms with E-state index < -0.39 is 0 Å². The molecule has 0 aliphatic carbocycles. The van der Waals surface area contributed by atoms with E-state index in [0.717, 1.165) is 5.69 Å². The molecule has 1 rings (SSSR count). The summed E-state index contributed by atoms with van der Waals surface area (Å²) >= 11 is 0. The molecule has 0 fully saturated rings. The van der Waals surface area contributed by atoms with Crippen LogP contribution in [-0.2, 0) is 0 Å². The summed E-state index contributed by atoms with van der Waals surface area (Å²) in [4.78, 5) is 4.00. The fourth-order valence-corrected chi connectivity index (χ4v) is 0.998. The maximum Gasteiger partial charge on any atom is 0.122 e. The van der Waals surface area contributed by atoms with Crippen molar-refractivity contribution in [3.8, 4) is 0 Å². The molecule has 0 aliphatic rings. The number of benzene rings is 1. The van der Waals surface area contributed by atoms with Crippen molar-refractivity contribution in [2.24, 2.45) is 10.7 Å². The van der Waals surface area contributed by atoms with Crippen LogP contribution in [0.25, 0.3) is 0 Å². The maximum absolute atomic E-state index is 5.62. The van der Waals surface area contributed by atoms with Gasteiger partial charge >= 0.3 is 0 Å². The number of anilines is 2. The normalized spacial score (nSPS) is 10.9. The van der Waals surface area contributed by atoms with Gasteiger partial charge in [0.2, 0.25) is 0 Å². The van der Waals surface area contributed by atoms with Gasteiger partial charge in [-0.1, -0.05) is 12.6 Å². The molecule has 1 aromatic carbocycles. The summed E-state index contributed by atoms with van der Waals surface area (Å²) in [6.07, 6.45) is 4.57. The first-order chi connectivity index (χ1) is 7.22. The minimum Gasteiger partial charge on any atom is -0.405 e. The second-order valence-electron chi connectivity index (χ2n) is 2.86. The second-order valence-corrected chi connectivity index (χ2v) is 2.86. The Balaban J connectivity index is 2.59. The average Bonchev–Trinajstić information content (AvgIpc) is 2.18. The van der Waals surface area contributed by atoms with E-state index in [0.29, 0.717) is 11.5 Å². The van der Waals surface area contributed by atoms with Crippen LogP contribution in [0.15, 0.2) is 53.9 Å². The van der Waals surface area contributed by atoms with Gasteiger partial charge in [0.25, 0.3) is 0 Å². The van der Waals surface area contributed by atoms with Crippen molar-refractivity contribution in [3.63, 3.8) is 0 Å². The lowest BCUT2D eigenvalue weighted by molar-refractivity contribution is 1.33. The predicted molar refractivity (Wildman–Crippen MR) is 65.4 cm³/mol. The number of nitrogen functional groups attached to an aromatic ring is 1. The molecule has 1 aromatic rings. The van der Waals surface area contributed by atoms with Gasteiger partial charge < -0.3 is 16.8 Å². The van der Waals surface area contributed by atoms with Gasteiger partial charge in [0.15, 0.2) is 0 Å². The van der Waals surface area contributed by atoms with E-state index in [4.69, 9.17) is 11.5 Å². The molecule has 0 saturated carbocycles. The van der Waals surface area contributed by atoms with Gasteiger partial charge in [0.05, 0.1) is 0 Å². The van der Waals surface area contributed by atoms with E-state index in [2.05, 4.69) is 16.9 Å². The minimum atomic E-state index is 0.527. The molecule has 4 nitrogen and oxygen atoms in total. The summed E-state index contributed by atoms with van der Waals surface area (Å²) < 4.78 is 0. The van der Waals surface area contributed by atoms with Crippen LogP contribution in [0, 0.1) is 0 Å². The van der Waals surface area contributed by atoms with E-state index in [9.17, 15) is 0 Å². The fraction of sp³-hybridized carbons (Fsp3) is 0. The quantitative estimate of drug-likeness (QED) is 0.513. The van der Waals surface area contributed by atoms with Crippen LogP contribution in [-0.4, -0.2) is 6.21 Å². The number of hydrogen-bond acceptors (Lipinski definition) is 4. The first-order valence-electron chi connectivity index (χ1n) is 4.45. The molecule has 5 N–H and O–H groups in total. The highest BCUT2D eigenvalue weighted by Gasteiger charge is 1.92. The Morgan fingerprint density at radius 2 is 2.27 bits per heavy atom. The minimum absolute atomic E-state index is 0.527. The van der Waals surface area contributed by atoms with Gasteiger partial charge in [-0.25, -0.2) is 4.99 Å². The number of nitrogens with zero attached hydrogens (tertiary/aromatic N) is 1. The summed E-state index contributed by atoms with van der Waals surface area (Å²) in [6.45, 7) is 3.73. The highest BCUT2D eigenvalue weighted by molar-refractivity contribution is 5.72. The van der Waals surface area contributed by atoms with Crippen molar-refractivity contribution in [2.75, 3.05) is 11.1 Å². The number of hydrogen-bond donors (Lipinski definition) is 3. The first-order valence-corrected chi connectivity index (χ1v) is 4.45. The molecule has 0 atom stereocenters. The van der Waals surface area contributed by atoms with Crippen LogP contribution in [0.3, 0.4) is 0 Å². The third kappa shape index (κ3) is 3.99. The van der Waals surface area contributed by atoms with Crippen molar-refractivity contribution in [2.45, 2.75) is 0 Å². The second kappa shape index (κ2) is 5.49. The SMILES string of the molecule is C=C(N=C/C=C\N)Nc1cccc(N)c1. The van der Waals surface area contributed by atoms with Crippen molar-refractivity contribution < 1.29 is 0 Å². The van der Waals surface area contributed by atoms with Crippen LogP contribution in [0.4, 0.5) is 11.4 Å². The van der Waals surface area contributed by atoms with Gasteiger partial charge in [0.1, 0.15) is 5.82 Å². The predicted octanol–water partition coefficient (Wildman–Crippen LogP) is 1.70. The van der Waals surface area contributed by atoms with Gasteiger partial charge in [-0.2, -0.15) is 0 Å². The lowest BCUT2D eigenvalue weighted by Gasteiger charge is -2.05. The molecule has 0 unspecified atom stereocenters. The molecule has 0 spiro atoms. The van der Waals surface area contributed by atoms with E-state index in [1.165, 1.54) is 6.20 Å². The lowest BCUT2D eigenvalue weighted by atomic mass is 10.3. The third-order valence-corrected chi connectivity index (χ3v) is 1.60. The number of nitrogens with two attached hydrogens (primary N) is 2. The Bertz CT molecular complexity index is 393. The topological polar surface area (TPSA) is 76.4 Å². The number of allylic oxidation sites excluding steroid dienone is 1. The number of nitrogens with one attached hydrogen (secondary N) is 1. The van der Waals surface area contributed by atoms with E-state index >= 15 is 0 Å². The Labute approximate surface area is 89.0 Å². The average molecular weight is 202 g/mol. The molecule has 0 radical (unpaired) electrons. The Morgan fingerprint density at radius 3 is 2.93 bits per heavy atom. The lowest BCUT2D eigenvalue weighted by Crippen LogP contribution is -1.96. The highest BCUT2D eigenvalue weighted by Crippen LogP contribution is 2.13. The van der Waals surface area contributed by atoms with Crippen LogP contribution >= 0.6 is 0 Å². The van der Waals surface area contributed by atoms with Crippen LogP contribution in [0.5, 0.6) is 0 Å². The smallest absolute Gasteiger partial charge is 0.122 e. The largest absolute Gasteiger partial charge is 0.405 e. The Hall–Kier alpha value is -2.23. The Kier molecular flexibility index (Phi) is 3.97. The monoisotopic (exact) mass is 202 g/mol. The molecule has 0 aliphatic heterocycles. The van der Waals surface area contributed by atoms with Crippen LogP contribution < -0.4 is 16.8 Å². The fourth-order valence-electron chi connectivity index (χ4n) is 0.998. The summed E-state index contributed by atoms with van der Waals surface area (Å²) in [5.41, 5.74) is 12.3. The molecule has 0 bridgehead atoms. The van der Waals surface area contributed by atoms with Crippen molar-refractivity contribution in [1.29, 1.82) is 0 Å². The molecule has 4 heteroatoms. The molecule has 15 heavy (non-hydrogen) atoms. The Morgan fingerprint density at radius 1 is 1.47 bits per heavy atom. The maximum atomic E-state index is 5.62. The summed E-state index contributed by atoms with van der Waals surface area (Å²) in [5.74, 6) is 0.527. The highest BCUT2D eigenvalue weighted by atomic mass is 15.0. The standard InChI is InChI=1S/C11H14N4/c1-9(14-7-3-6-12)15-11-5-2-4-10(13)8-11/h2-8,15H,1,12-13H2/b6-3-,14-7?. The summed E-state index contributed by atoms with van der Waals surface area (Å²) in [7, 11) is 0.